The number of sulfonamides is 1. The number of benzene rings is 1. The molecule has 0 radical (unpaired) electrons. The van der Waals surface area contributed by atoms with Crippen LogP contribution in [0.5, 0.6) is 0 Å². The standard InChI is InChI=1S/C11H14N2O2S/c1-9(2)13-16(14,15)8-11-5-3-10(7-12)4-6-11/h3-6,9,13H,8H2,1-2H3. The molecule has 0 atom stereocenters. The minimum Gasteiger partial charge on any atom is -0.212 e. The van der Waals surface area contributed by atoms with Crippen LogP contribution in [0, 0.1) is 11.3 Å². The summed E-state index contributed by atoms with van der Waals surface area (Å²) in [5, 5.41) is 8.60. The molecular weight excluding hydrogens is 224 g/mol. The van der Waals surface area contributed by atoms with Crippen LogP contribution in [0.25, 0.3) is 0 Å². The highest BCUT2D eigenvalue weighted by atomic mass is 32.2. The van der Waals surface area contributed by atoms with Crippen LogP contribution >= 0.6 is 0 Å². The molecule has 0 heterocycles. The monoisotopic (exact) mass is 238 g/mol. The average Bonchev–Trinajstić information content (AvgIpc) is 2.16. The Bertz CT molecular complexity index is 484. The van der Waals surface area contributed by atoms with Crippen LogP contribution in [0.1, 0.15) is 25.0 Å². The summed E-state index contributed by atoms with van der Waals surface area (Å²) in [5.74, 6) is -0.0586. The van der Waals surface area contributed by atoms with E-state index in [4.69, 9.17) is 5.26 Å². The number of hydrogen-bond acceptors (Lipinski definition) is 3. The topological polar surface area (TPSA) is 70.0 Å². The van der Waals surface area contributed by atoms with Gasteiger partial charge in [0.05, 0.1) is 17.4 Å². The van der Waals surface area contributed by atoms with Gasteiger partial charge in [-0.15, -0.1) is 0 Å². The molecule has 0 amide bonds. The molecule has 0 saturated heterocycles. The van der Waals surface area contributed by atoms with Crippen molar-refractivity contribution in [3.8, 4) is 6.07 Å². The zero-order valence-corrected chi connectivity index (χ0v) is 10.1. The molecule has 16 heavy (non-hydrogen) atoms. The maximum atomic E-state index is 11.6. The summed E-state index contributed by atoms with van der Waals surface area (Å²) in [6.07, 6.45) is 0. The number of nitrogens with zero attached hydrogens (tertiary/aromatic N) is 1. The highest BCUT2D eigenvalue weighted by Gasteiger charge is 2.12. The fourth-order valence-corrected chi connectivity index (χ4v) is 2.73. The van der Waals surface area contributed by atoms with Crippen LogP contribution < -0.4 is 4.72 Å². The smallest absolute Gasteiger partial charge is 0.212 e. The zero-order valence-electron chi connectivity index (χ0n) is 9.27. The third-order valence-corrected chi connectivity index (χ3v) is 3.40. The van der Waals surface area contributed by atoms with E-state index >= 15 is 0 Å². The molecule has 0 saturated carbocycles. The van der Waals surface area contributed by atoms with Crippen molar-refractivity contribution in [2.24, 2.45) is 0 Å². The van der Waals surface area contributed by atoms with Gasteiger partial charge in [0, 0.05) is 6.04 Å². The molecule has 1 N–H and O–H groups in total. The summed E-state index contributed by atoms with van der Waals surface area (Å²) < 4.78 is 25.7. The molecule has 1 aromatic carbocycles. The second-order valence-electron chi connectivity index (χ2n) is 3.84. The Labute approximate surface area is 96.0 Å². The molecule has 0 fully saturated rings. The highest BCUT2D eigenvalue weighted by Crippen LogP contribution is 2.07. The Morgan fingerprint density at radius 1 is 1.31 bits per heavy atom. The Morgan fingerprint density at radius 3 is 2.31 bits per heavy atom. The van der Waals surface area contributed by atoms with Gasteiger partial charge in [-0.2, -0.15) is 5.26 Å². The van der Waals surface area contributed by atoms with Crippen LogP contribution in [0.15, 0.2) is 24.3 Å². The van der Waals surface area contributed by atoms with Gasteiger partial charge in [-0.3, -0.25) is 0 Å². The van der Waals surface area contributed by atoms with E-state index in [1.807, 2.05) is 6.07 Å². The molecule has 86 valence electrons. The van der Waals surface area contributed by atoms with Gasteiger partial charge in [0.1, 0.15) is 0 Å². The molecule has 1 rings (SSSR count). The van der Waals surface area contributed by atoms with E-state index < -0.39 is 10.0 Å². The van der Waals surface area contributed by atoms with Gasteiger partial charge in [0.2, 0.25) is 10.0 Å². The van der Waals surface area contributed by atoms with Gasteiger partial charge in [-0.05, 0) is 31.5 Å². The van der Waals surface area contributed by atoms with Crippen LogP contribution in [0.3, 0.4) is 0 Å². The van der Waals surface area contributed by atoms with Crippen molar-refractivity contribution >= 4 is 10.0 Å². The third kappa shape index (κ3) is 4.01. The van der Waals surface area contributed by atoms with Crippen molar-refractivity contribution in [2.75, 3.05) is 0 Å². The fraction of sp³-hybridized carbons (Fsp3) is 0.364. The zero-order chi connectivity index (χ0) is 12.2. The largest absolute Gasteiger partial charge is 0.216 e. The predicted molar refractivity (Wildman–Crippen MR) is 62.1 cm³/mol. The summed E-state index contributed by atoms with van der Waals surface area (Å²) in [5.41, 5.74) is 1.20. The van der Waals surface area contributed by atoms with Gasteiger partial charge < -0.3 is 0 Å². The molecule has 0 aliphatic carbocycles. The van der Waals surface area contributed by atoms with E-state index in [0.29, 0.717) is 11.1 Å². The Balaban J connectivity index is 2.77. The number of nitriles is 1. The second-order valence-corrected chi connectivity index (χ2v) is 5.59. The van der Waals surface area contributed by atoms with Gasteiger partial charge in [0.15, 0.2) is 0 Å². The van der Waals surface area contributed by atoms with Crippen molar-refractivity contribution in [1.29, 1.82) is 5.26 Å². The highest BCUT2D eigenvalue weighted by molar-refractivity contribution is 7.88. The van der Waals surface area contributed by atoms with Crippen LogP contribution in [-0.4, -0.2) is 14.5 Å². The van der Waals surface area contributed by atoms with Gasteiger partial charge in [-0.1, -0.05) is 12.1 Å². The fourth-order valence-electron chi connectivity index (χ4n) is 1.30. The summed E-state index contributed by atoms with van der Waals surface area (Å²) in [6.45, 7) is 3.55. The quantitative estimate of drug-likeness (QED) is 0.861. The number of hydrogen-bond donors (Lipinski definition) is 1. The first kappa shape index (κ1) is 12.7. The second kappa shape index (κ2) is 5.10. The lowest BCUT2D eigenvalue weighted by atomic mass is 10.2. The predicted octanol–water partition coefficient (Wildman–Crippen LogP) is 1.39. The molecular formula is C11H14N2O2S. The summed E-state index contributed by atoms with van der Waals surface area (Å²) in [7, 11) is -3.29. The normalized spacial score (nSPS) is 11.4. The van der Waals surface area contributed by atoms with E-state index in [2.05, 4.69) is 4.72 Å². The summed E-state index contributed by atoms with van der Waals surface area (Å²) in [6, 6.07) is 8.40. The van der Waals surface area contributed by atoms with Crippen LogP contribution in [0.2, 0.25) is 0 Å². The number of nitrogens with one attached hydrogen (secondary N) is 1. The maximum Gasteiger partial charge on any atom is 0.216 e. The molecule has 4 nitrogen and oxygen atoms in total. The van der Waals surface area contributed by atoms with E-state index in [1.165, 1.54) is 0 Å². The SMILES string of the molecule is CC(C)NS(=O)(=O)Cc1ccc(C#N)cc1. The maximum absolute atomic E-state index is 11.6. The lowest BCUT2D eigenvalue weighted by Gasteiger charge is -2.09. The van der Waals surface area contributed by atoms with E-state index in [0.717, 1.165) is 0 Å². The van der Waals surface area contributed by atoms with Crippen molar-refractivity contribution in [2.45, 2.75) is 25.6 Å². The Hall–Kier alpha value is -1.38. The van der Waals surface area contributed by atoms with Crippen LogP contribution in [-0.2, 0) is 15.8 Å². The minimum atomic E-state index is -3.29. The van der Waals surface area contributed by atoms with Crippen molar-refractivity contribution in [3.05, 3.63) is 35.4 Å². The Kier molecular flexibility index (Phi) is 4.05. The average molecular weight is 238 g/mol. The lowest BCUT2D eigenvalue weighted by Crippen LogP contribution is -2.31. The molecule has 0 aromatic heterocycles. The van der Waals surface area contributed by atoms with E-state index in [9.17, 15) is 8.42 Å². The third-order valence-electron chi connectivity index (χ3n) is 1.85. The molecule has 5 heteroatoms. The lowest BCUT2D eigenvalue weighted by molar-refractivity contribution is 0.569. The number of rotatable bonds is 4. The van der Waals surface area contributed by atoms with Crippen molar-refractivity contribution in [3.63, 3.8) is 0 Å². The summed E-state index contributed by atoms with van der Waals surface area (Å²) >= 11 is 0. The van der Waals surface area contributed by atoms with Gasteiger partial charge >= 0.3 is 0 Å². The Morgan fingerprint density at radius 2 is 1.88 bits per heavy atom. The molecule has 1 aromatic rings. The van der Waals surface area contributed by atoms with Crippen molar-refractivity contribution < 1.29 is 8.42 Å². The molecule has 0 unspecified atom stereocenters. The van der Waals surface area contributed by atoms with Crippen LogP contribution in [0.4, 0.5) is 0 Å². The van der Waals surface area contributed by atoms with Gasteiger partial charge in [0.25, 0.3) is 0 Å². The molecule has 0 aliphatic heterocycles. The first-order valence-electron chi connectivity index (χ1n) is 4.92. The minimum absolute atomic E-state index is 0.0586. The van der Waals surface area contributed by atoms with E-state index in [1.54, 1.807) is 38.1 Å². The molecule has 0 bridgehead atoms. The molecule has 0 spiro atoms. The van der Waals surface area contributed by atoms with E-state index in [-0.39, 0.29) is 11.8 Å². The van der Waals surface area contributed by atoms with Crippen molar-refractivity contribution in [1.82, 2.24) is 4.72 Å². The summed E-state index contributed by atoms with van der Waals surface area (Å²) in [4.78, 5) is 0. The van der Waals surface area contributed by atoms with Gasteiger partial charge in [-0.25, -0.2) is 13.1 Å². The molecule has 0 aliphatic rings. The first-order chi connectivity index (χ1) is 7.43. The first-order valence-corrected chi connectivity index (χ1v) is 6.57.